The van der Waals surface area contributed by atoms with Crippen LogP contribution in [0.15, 0.2) is 24.3 Å². The Morgan fingerprint density at radius 3 is 2.78 bits per heavy atom. The first-order chi connectivity index (χ1) is 8.63. The summed E-state index contributed by atoms with van der Waals surface area (Å²) in [5.41, 5.74) is 3.11. The van der Waals surface area contributed by atoms with Crippen LogP contribution < -0.4 is 10.2 Å². The molecule has 1 N–H and O–H groups in total. The third-order valence-corrected chi connectivity index (χ3v) is 3.24. The Labute approximate surface area is 113 Å². The van der Waals surface area contributed by atoms with Gasteiger partial charge in [0, 0.05) is 43.8 Å². The van der Waals surface area contributed by atoms with E-state index >= 15 is 0 Å². The van der Waals surface area contributed by atoms with Gasteiger partial charge >= 0.3 is 0 Å². The molecular formula is C14H18ClN3. The lowest BCUT2D eigenvalue weighted by Crippen LogP contribution is -2.14. The second kappa shape index (κ2) is 5.55. The van der Waals surface area contributed by atoms with E-state index in [0.717, 1.165) is 35.2 Å². The lowest BCUT2D eigenvalue weighted by molar-refractivity contribution is 0.779. The molecule has 0 saturated carbocycles. The molecule has 0 fully saturated rings. The average molecular weight is 264 g/mol. The number of halogens is 1. The Balaban J connectivity index is 2.60. The Morgan fingerprint density at radius 2 is 2.11 bits per heavy atom. The topological polar surface area (TPSA) is 28.2 Å². The normalized spacial score (nSPS) is 10.9. The highest BCUT2D eigenvalue weighted by Gasteiger charge is 2.09. The molecule has 4 heteroatoms. The summed E-state index contributed by atoms with van der Waals surface area (Å²) in [6, 6.07) is 8.05. The molecule has 0 atom stereocenters. The number of fused-ring (bicyclic) bond motifs is 1. The Bertz CT molecular complexity index is 552. The summed E-state index contributed by atoms with van der Waals surface area (Å²) in [6.07, 6.45) is 0.901. The SMILES string of the molecule is CNCCc1cc(N(C)C)c2cccc(Cl)c2n1. The van der Waals surface area contributed by atoms with Crippen molar-refractivity contribution >= 4 is 28.2 Å². The maximum atomic E-state index is 6.24. The number of pyridine rings is 1. The van der Waals surface area contributed by atoms with Gasteiger partial charge in [-0.25, -0.2) is 0 Å². The fourth-order valence-corrected chi connectivity index (χ4v) is 2.22. The molecule has 0 bridgehead atoms. The maximum Gasteiger partial charge on any atom is 0.0912 e. The van der Waals surface area contributed by atoms with Gasteiger partial charge in [0.2, 0.25) is 0 Å². The summed E-state index contributed by atoms with van der Waals surface area (Å²) in [7, 11) is 6.02. The summed E-state index contributed by atoms with van der Waals surface area (Å²) in [4.78, 5) is 6.76. The molecule has 0 radical (unpaired) electrons. The van der Waals surface area contributed by atoms with Gasteiger partial charge in [0.25, 0.3) is 0 Å². The summed E-state index contributed by atoms with van der Waals surface area (Å²) in [5.74, 6) is 0. The average Bonchev–Trinajstić information content (AvgIpc) is 2.36. The standard InChI is InChI=1S/C14H18ClN3/c1-16-8-7-10-9-13(18(2)3)11-5-4-6-12(15)14(11)17-10/h4-6,9,16H,7-8H2,1-3H3. The van der Waals surface area contributed by atoms with Gasteiger partial charge in [0.15, 0.2) is 0 Å². The molecular weight excluding hydrogens is 246 g/mol. The number of hydrogen-bond acceptors (Lipinski definition) is 3. The molecule has 2 rings (SSSR count). The van der Waals surface area contributed by atoms with Crippen molar-refractivity contribution in [2.45, 2.75) is 6.42 Å². The minimum Gasteiger partial charge on any atom is -0.377 e. The van der Waals surface area contributed by atoms with Crippen LogP contribution in [-0.2, 0) is 6.42 Å². The quantitative estimate of drug-likeness (QED) is 0.919. The minimum absolute atomic E-state index is 0.710. The van der Waals surface area contributed by atoms with Gasteiger partial charge in [0.1, 0.15) is 0 Å². The molecule has 1 heterocycles. The van der Waals surface area contributed by atoms with Gasteiger partial charge in [-0.15, -0.1) is 0 Å². The summed E-state index contributed by atoms with van der Waals surface area (Å²) >= 11 is 6.24. The van der Waals surface area contributed by atoms with Crippen molar-refractivity contribution < 1.29 is 0 Å². The predicted octanol–water partition coefficient (Wildman–Crippen LogP) is 2.72. The van der Waals surface area contributed by atoms with Gasteiger partial charge in [0.05, 0.1) is 10.5 Å². The monoisotopic (exact) mass is 263 g/mol. The van der Waals surface area contributed by atoms with Crippen LogP contribution in [0.2, 0.25) is 5.02 Å². The molecule has 1 aromatic heterocycles. The fourth-order valence-electron chi connectivity index (χ4n) is 2.00. The van der Waals surface area contributed by atoms with Crippen molar-refractivity contribution in [1.29, 1.82) is 0 Å². The highest BCUT2D eigenvalue weighted by Crippen LogP contribution is 2.29. The first-order valence-corrected chi connectivity index (χ1v) is 6.41. The largest absolute Gasteiger partial charge is 0.377 e. The predicted molar refractivity (Wildman–Crippen MR) is 78.7 cm³/mol. The van der Waals surface area contributed by atoms with Crippen LogP contribution in [0.3, 0.4) is 0 Å². The molecule has 18 heavy (non-hydrogen) atoms. The van der Waals surface area contributed by atoms with E-state index in [9.17, 15) is 0 Å². The van der Waals surface area contributed by atoms with Crippen LogP contribution in [-0.4, -0.2) is 32.7 Å². The first kappa shape index (κ1) is 13.1. The van der Waals surface area contributed by atoms with Crippen LogP contribution in [0, 0.1) is 0 Å². The third kappa shape index (κ3) is 2.57. The van der Waals surface area contributed by atoms with Gasteiger partial charge < -0.3 is 10.2 Å². The highest BCUT2D eigenvalue weighted by molar-refractivity contribution is 6.35. The molecule has 0 unspecified atom stereocenters. The number of likely N-dealkylation sites (N-methyl/N-ethyl adjacent to an activating group) is 1. The zero-order valence-electron chi connectivity index (χ0n) is 11.0. The first-order valence-electron chi connectivity index (χ1n) is 6.03. The molecule has 0 saturated heterocycles. The van der Waals surface area contributed by atoms with E-state index in [1.807, 2.05) is 33.3 Å². The van der Waals surface area contributed by atoms with Crippen molar-refractivity contribution in [3.05, 3.63) is 35.0 Å². The van der Waals surface area contributed by atoms with Gasteiger partial charge in [-0.1, -0.05) is 23.7 Å². The second-order valence-corrected chi connectivity index (χ2v) is 4.92. The van der Waals surface area contributed by atoms with Crippen LogP contribution in [0.5, 0.6) is 0 Å². The summed E-state index contributed by atoms with van der Waals surface area (Å²) < 4.78 is 0. The van der Waals surface area contributed by atoms with Crippen molar-refractivity contribution in [1.82, 2.24) is 10.3 Å². The Kier molecular flexibility index (Phi) is 4.04. The number of anilines is 1. The molecule has 3 nitrogen and oxygen atoms in total. The van der Waals surface area contributed by atoms with Gasteiger partial charge in [-0.3, -0.25) is 4.98 Å². The number of para-hydroxylation sites is 1. The zero-order chi connectivity index (χ0) is 13.1. The zero-order valence-corrected chi connectivity index (χ0v) is 11.8. The Morgan fingerprint density at radius 1 is 1.33 bits per heavy atom. The summed E-state index contributed by atoms with van der Waals surface area (Å²) in [5, 5.41) is 4.95. The fraction of sp³-hybridized carbons (Fsp3) is 0.357. The summed E-state index contributed by atoms with van der Waals surface area (Å²) in [6.45, 7) is 0.913. The smallest absolute Gasteiger partial charge is 0.0912 e. The van der Waals surface area contributed by atoms with Crippen LogP contribution in [0.25, 0.3) is 10.9 Å². The number of nitrogens with zero attached hydrogens (tertiary/aromatic N) is 2. The lowest BCUT2D eigenvalue weighted by atomic mass is 10.1. The third-order valence-electron chi connectivity index (χ3n) is 2.93. The number of hydrogen-bond donors (Lipinski definition) is 1. The molecule has 0 aliphatic rings. The maximum absolute atomic E-state index is 6.24. The molecule has 0 aliphatic heterocycles. The van der Waals surface area contributed by atoms with E-state index in [-0.39, 0.29) is 0 Å². The number of rotatable bonds is 4. The van der Waals surface area contributed by atoms with Gasteiger partial charge in [-0.2, -0.15) is 0 Å². The molecule has 0 spiro atoms. The number of nitrogens with one attached hydrogen (secondary N) is 1. The molecule has 0 aliphatic carbocycles. The van der Waals surface area contributed by atoms with E-state index in [0.29, 0.717) is 5.02 Å². The molecule has 1 aromatic carbocycles. The van der Waals surface area contributed by atoms with E-state index < -0.39 is 0 Å². The van der Waals surface area contributed by atoms with Gasteiger partial charge in [-0.05, 0) is 19.2 Å². The van der Waals surface area contributed by atoms with Crippen molar-refractivity contribution in [3.8, 4) is 0 Å². The second-order valence-electron chi connectivity index (χ2n) is 4.52. The number of aromatic nitrogens is 1. The van der Waals surface area contributed by atoms with Crippen molar-refractivity contribution in [2.24, 2.45) is 0 Å². The van der Waals surface area contributed by atoms with E-state index in [1.54, 1.807) is 0 Å². The lowest BCUT2D eigenvalue weighted by Gasteiger charge is -2.17. The molecule has 0 amide bonds. The molecule has 96 valence electrons. The minimum atomic E-state index is 0.710. The molecule has 2 aromatic rings. The van der Waals surface area contributed by atoms with Crippen LogP contribution >= 0.6 is 11.6 Å². The Hall–Kier alpha value is -1.32. The van der Waals surface area contributed by atoms with E-state index in [1.165, 1.54) is 0 Å². The van der Waals surface area contributed by atoms with Crippen molar-refractivity contribution in [2.75, 3.05) is 32.6 Å². The van der Waals surface area contributed by atoms with Crippen LogP contribution in [0.4, 0.5) is 5.69 Å². The number of benzene rings is 1. The highest BCUT2D eigenvalue weighted by atomic mass is 35.5. The van der Waals surface area contributed by atoms with E-state index in [2.05, 4.69) is 27.3 Å². The van der Waals surface area contributed by atoms with Crippen LogP contribution in [0.1, 0.15) is 5.69 Å². The van der Waals surface area contributed by atoms with Crippen molar-refractivity contribution in [3.63, 3.8) is 0 Å². The van der Waals surface area contributed by atoms with E-state index in [4.69, 9.17) is 11.6 Å².